The highest BCUT2D eigenvalue weighted by molar-refractivity contribution is 9.10. The predicted octanol–water partition coefficient (Wildman–Crippen LogP) is 4.72. The average molecular weight is 349 g/mol. The van der Waals surface area contributed by atoms with Gasteiger partial charge in [-0.1, -0.05) is 15.9 Å². The van der Waals surface area contributed by atoms with E-state index in [1.165, 1.54) is 0 Å². The molecule has 0 fully saturated rings. The first-order valence-electron chi connectivity index (χ1n) is 6.48. The van der Waals surface area contributed by atoms with E-state index in [4.69, 9.17) is 4.74 Å². The highest BCUT2D eigenvalue weighted by atomic mass is 79.9. The van der Waals surface area contributed by atoms with Gasteiger partial charge in [-0.05, 0) is 61.4 Å². The van der Waals surface area contributed by atoms with Crippen LogP contribution in [0.15, 0.2) is 40.9 Å². The summed E-state index contributed by atoms with van der Waals surface area (Å²) in [6.45, 7) is 3.92. The van der Waals surface area contributed by atoms with E-state index in [9.17, 15) is 4.79 Å². The third kappa shape index (κ3) is 3.98. The average Bonchev–Trinajstić information content (AvgIpc) is 2.43. The number of carbonyl (C=O) groups excluding carboxylic acids is 1. The second-order valence-corrected chi connectivity index (χ2v) is 5.64. The van der Waals surface area contributed by atoms with Crippen LogP contribution in [0.4, 0.5) is 16.2 Å². The van der Waals surface area contributed by atoms with Gasteiger partial charge in [0.1, 0.15) is 5.75 Å². The van der Waals surface area contributed by atoms with Crippen LogP contribution in [0.1, 0.15) is 11.1 Å². The lowest BCUT2D eigenvalue weighted by Gasteiger charge is -2.13. The van der Waals surface area contributed by atoms with Gasteiger partial charge in [0, 0.05) is 15.8 Å². The third-order valence-corrected chi connectivity index (χ3v) is 3.54. The molecule has 0 atom stereocenters. The fourth-order valence-corrected chi connectivity index (χ4v) is 2.74. The second-order valence-electron chi connectivity index (χ2n) is 4.72. The molecule has 0 saturated carbocycles. The van der Waals surface area contributed by atoms with E-state index in [-0.39, 0.29) is 6.03 Å². The number of aryl methyl sites for hydroxylation is 2. The van der Waals surface area contributed by atoms with Crippen molar-refractivity contribution >= 4 is 33.3 Å². The Hall–Kier alpha value is -2.01. The summed E-state index contributed by atoms with van der Waals surface area (Å²) in [6.07, 6.45) is 0. The summed E-state index contributed by atoms with van der Waals surface area (Å²) in [5.41, 5.74) is 3.54. The van der Waals surface area contributed by atoms with Crippen molar-refractivity contribution < 1.29 is 9.53 Å². The van der Waals surface area contributed by atoms with E-state index in [0.29, 0.717) is 5.69 Å². The van der Waals surface area contributed by atoms with E-state index in [1.807, 2.05) is 26.0 Å². The molecule has 4 nitrogen and oxygen atoms in total. The van der Waals surface area contributed by atoms with Crippen molar-refractivity contribution in [2.45, 2.75) is 13.8 Å². The zero-order chi connectivity index (χ0) is 15.4. The van der Waals surface area contributed by atoms with Crippen molar-refractivity contribution in [3.05, 3.63) is 52.0 Å². The summed E-state index contributed by atoms with van der Waals surface area (Å²) in [7, 11) is 1.61. The van der Waals surface area contributed by atoms with E-state index in [2.05, 4.69) is 26.6 Å². The predicted molar refractivity (Wildman–Crippen MR) is 89.3 cm³/mol. The van der Waals surface area contributed by atoms with Gasteiger partial charge in [-0.15, -0.1) is 0 Å². The molecule has 2 amide bonds. The van der Waals surface area contributed by atoms with Crippen molar-refractivity contribution in [1.82, 2.24) is 0 Å². The Labute approximate surface area is 132 Å². The van der Waals surface area contributed by atoms with Gasteiger partial charge in [0.15, 0.2) is 0 Å². The Morgan fingerprint density at radius 2 is 1.62 bits per heavy atom. The molecule has 0 heterocycles. The van der Waals surface area contributed by atoms with Gasteiger partial charge in [0.2, 0.25) is 0 Å². The zero-order valence-electron chi connectivity index (χ0n) is 12.2. The van der Waals surface area contributed by atoms with Crippen LogP contribution in [-0.4, -0.2) is 13.1 Å². The molecule has 0 aromatic heterocycles. The van der Waals surface area contributed by atoms with Gasteiger partial charge in [0.05, 0.1) is 7.11 Å². The van der Waals surface area contributed by atoms with Crippen LogP contribution < -0.4 is 15.4 Å². The number of hydrogen-bond acceptors (Lipinski definition) is 2. The minimum Gasteiger partial charge on any atom is -0.497 e. The maximum Gasteiger partial charge on any atom is 0.323 e. The number of urea groups is 1. The fourth-order valence-electron chi connectivity index (χ4n) is 2.06. The van der Waals surface area contributed by atoms with Crippen LogP contribution in [-0.2, 0) is 0 Å². The Bertz CT molecular complexity index is 631. The molecule has 0 unspecified atom stereocenters. The van der Waals surface area contributed by atoms with Crippen LogP contribution >= 0.6 is 15.9 Å². The normalized spacial score (nSPS) is 10.1. The number of halogens is 1. The van der Waals surface area contributed by atoms with Gasteiger partial charge in [-0.2, -0.15) is 0 Å². The lowest BCUT2D eigenvalue weighted by Crippen LogP contribution is -2.20. The number of carbonyl (C=O) groups is 1. The zero-order valence-corrected chi connectivity index (χ0v) is 13.7. The highest BCUT2D eigenvalue weighted by Gasteiger charge is 2.08. The first-order valence-corrected chi connectivity index (χ1v) is 7.27. The molecule has 0 aliphatic rings. The van der Waals surface area contributed by atoms with E-state index >= 15 is 0 Å². The topological polar surface area (TPSA) is 50.4 Å². The second kappa shape index (κ2) is 6.63. The van der Waals surface area contributed by atoms with Crippen LogP contribution in [0.5, 0.6) is 5.75 Å². The molecule has 0 aliphatic carbocycles. The molecule has 5 heteroatoms. The Morgan fingerprint density at radius 3 is 2.14 bits per heavy atom. The van der Waals surface area contributed by atoms with Crippen molar-refractivity contribution in [2.75, 3.05) is 17.7 Å². The Morgan fingerprint density at radius 1 is 1.05 bits per heavy atom. The number of amides is 2. The van der Waals surface area contributed by atoms with Gasteiger partial charge in [-0.3, -0.25) is 0 Å². The summed E-state index contributed by atoms with van der Waals surface area (Å²) in [5.74, 6) is 0.751. The maximum absolute atomic E-state index is 12.1. The largest absolute Gasteiger partial charge is 0.497 e. The lowest BCUT2D eigenvalue weighted by molar-refractivity contribution is 0.262. The standard InChI is InChI=1S/C16H17BrN2O2/c1-10-8-12(17)9-11(2)15(10)19-16(20)18-13-4-6-14(21-3)7-5-13/h4-9H,1-3H3,(H2,18,19,20). The summed E-state index contributed by atoms with van der Waals surface area (Å²) in [5, 5.41) is 5.67. The van der Waals surface area contributed by atoms with E-state index in [0.717, 1.165) is 27.0 Å². The Kier molecular flexibility index (Phi) is 4.85. The molecule has 110 valence electrons. The Balaban J connectivity index is 2.08. The van der Waals surface area contributed by atoms with Crippen LogP contribution in [0, 0.1) is 13.8 Å². The first kappa shape index (κ1) is 15.4. The SMILES string of the molecule is COc1ccc(NC(=O)Nc2c(C)cc(Br)cc2C)cc1. The highest BCUT2D eigenvalue weighted by Crippen LogP contribution is 2.25. The molecular weight excluding hydrogens is 332 g/mol. The molecular formula is C16H17BrN2O2. The van der Waals surface area contributed by atoms with Gasteiger partial charge < -0.3 is 15.4 Å². The molecule has 2 aromatic rings. The molecule has 0 radical (unpaired) electrons. The monoisotopic (exact) mass is 348 g/mol. The molecule has 0 bridgehead atoms. The van der Waals surface area contributed by atoms with E-state index < -0.39 is 0 Å². The van der Waals surface area contributed by atoms with E-state index in [1.54, 1.807) is 31.4 Å². The van der Waals surface area contributed by atoms with Crippen LogP contribution in [0.3, 0.4) is 0 Å². The maximum atomic E-state index is 12.1. The minimum absolute atomic E-state index is 0.270. The van der Waals surface area contributed by atoms with Gasteiger partial charge >= 0.3 is 6.03 Å². The summed E-state index contributed by atoms with van der Waals surface area (Å²) < 4.78 is 6.08. The van der Waals surface area contributed by atoms with Crippen LogP contribution in [0.25, 0.3) is 0 Å². The molecule has 0 aliphatic heterocycles. The molecule has 2 rings (SSSR count). The number of ether oxygens (including phenoxy) is 1. The lowest BCUT2D eigenvalue weighted by atomic mass is 10.1. The molecule has 0 spiro atoms. The molecule has 0 saturated heterocycles. The van der Waals surface area contributed by atoms with Crippen molar-refractivity contribution in [1.29, 1.82) is 0 Å². The quantitative estimate of drug-likeness (QED) is 0.843. The van der Waals surface area contributed by atoms with Gasteiger partial charge in [0.25, 0.3) is 0 Å². The number of methoxy groups -OCH3 is 1. The third-order valence-electron chi connectivity index (χ3n) is 3.08. The van der Waals surface area contributed by atoms with Crippen molar-refractivity contribution in [2.24, 2.45) is 0 Å². The first-order chi connectivity index (χ1) is 9.99. The number of hydrogen-bond donors (Lipinski definition) is 2. The van der Waals surface area contributed by atoms with Crippen molar-refractivity contribution in [3.8, 4) is 5.75 Å². The summed E-state index contributed by atoms with van der Waals surface area (Å²) >= 11 is 3.44. The number of benzene rings is 2. The number of nitrogens with one attached hydrogen (secondary N) is 2. The fraction of sp³-hybridized carbons (Fsp3) is 0.188. The number of anilines is 2. The van der Waals surface area contributed by atoms with Gasteiger partial charge in [-0.25, -0.2) is 4.79 Å². The molecule has 21 heavy (non-hydrogen) atoms. The molecule has 2 N–H and O–H groups in total. The number of rotatable bonds is 3. The van der Waals surface area contributed by atoms with Crippen molar-refractivity contribution in [3.63, 3.8) is 0 Å². The minimum atomic E-state index is -0.270. The van der Waals surface area contributed by atoms with Crippen LogP contribution in [0.2, 0.25) is 0 Å². The molecule has 2 aromatic carbocycles. The summed E-state index contributed by atoms with van der Waals surface area (Å²) in [6, 6.07) is 10.8. The summed E-state index contributed by atoms with van der Waals surface area (Å²) in [4.78, 5) is 12.1. The smallest absolute Gasteiger partial charge is 0.323 e.